The van der Waals surface area contributed by atoms with E-state index in [2.05, 4.69) is 20.0 Å². The van der Waals surface area contributed by atoms with Gasteiger partial charge in [-0.15, -0.1) is 22.8 Å². The zero-order valence-electron chi connectivity index (χ0n) is 31.7. The van der Waals surface area contributed by atoms with E-state index in [0.29, 0.717) is 94.3 Å². The Morgan fingerprint density at radius 3 is 1.12 bits per heavy atom. The SMILES string of the molecule is CCOC(=O)C1=C(C)C(=Cc2[n-]c(C)c(C(=O)OCC)c2C)N=C1C.CCOC(=O)C1=C(C)C(=Cc2[n-]c(C)c(C(=O)OCC)c2C)N=C1C.[Cd+2]. The number of hydrogen-bond donors (Lipinski definition) is 0. The normalized spacial score (nSPS) is 15.3. The first-order valence-electron chi connectivity index (χ1n) is 16.6. The van der Waals surface area contributed by atoms with Crippen LogP contribution in [0, 0.1) is 27.7 Å². The van der Waals surface area contributed by atoms with E-state index >= 15 is 0 Å². The minimum Gasteiger partial charge on any atom is -0.661 e. The zero-order chi connectivity index (χ0) is 37.4. The molecule has 0 atom stereocenters. The van der Waals surface area contributed by atoms with E-state index in [-0.39, 0.29) is 51.2 Å². The number of nitrogens with zero attached hydrogens (tertiary/aromatic N) is 4. The van der Waals surface area contributed by atoms with Crippen LogP contribution in [0.15, 0.2) is 43.7 Å². The van der Waals surface area contributed by atoms with E-state index in [0.717, 1.165) is 22.3 Å². The number of ether oxygens (including phenoxy) is 4. The standard InChI is InChI=1S/2C19H24N2O4.Cd/c2*1-7-24-18(22)16-10(3)14(20-12(16)5)9-15-11(4)17(13(6)21-15)19(23)25-8-2;/h2*9H,7-8H2,1-6H3,(H,20,21,22,23);/q;;+2/p-2. The van der Waals surface area contributed by atoms with Gasteiger partial charge in [0.2, 0.25) is 0 Å². The number of rotatable bonds is 10. The Bertz CT molecular complexity index is 1760. The van der Waals surface area contributed by atoms with Crippen LogP contribution >= 0.6 is 0 Å². The molecule has 2 aromatic heterocycles. The van der Waals surface area contributed by atoms with E-state index in [9.17, 15) is 19.2 Å². The Balaban J connectivity index is 0.000000347. The van der Waals surface area contributed by atoms with Crippen LogP contribution in [0.25, 0.3) is 12.2 Å². The topological polar surface area (TPSA) is 158 Å². The number of aryl methyl sites for hydroxylation is 2. The van der Waals surface area contributed by atoms with Gasteiger partial charge in [-0.2, -0.15) is 0 Å². The third-order valence-corrected chi connectivity index (χ3v) is 8.10. The molecule has 0 bridgehead atoms. The molecule has 0 saturated heterocycles. The minimum atomic E-state index is -0.375. The van der Waals surface area contributed by atoms with Gasteiger partial charge in [-0.3, -0.25) is 9.98 Å². The van der Waals surface area contributed by atoms with Crippen LogP contribution in [0.5, 0.6) is 0 Å². The Hall–Kier alpha value is -4.34. The van der Waals surface area contributed by atoms with Crippen molar-refractivity contribution < 1.29 is 65.4 Å². The van der Waals surface area contributed by atoms with Gasteiger partial charge in [0.25, 0.3) is 0 Å². The largest absolute Gasteiger partial charge is 2.00 e. The summed E-state index contributed by atoms with van der Waals surface area (Å²) in [7, 11) is 0. The molecule has 4 rings (SSSR count). The molecule has 0 N–H and O–H groups in total. The summed E-state index contributed by atoms with van der Waals surface area (Å²) in [6.07, 6.45) is 3.58. The summed E-state index contributed by atoms with van der Waals surface area (Å²) in [5, 5.41) is 0. The summed E-state index contributed by atoms with van der Waals surface area (Å²) in [4.78, 5) is 66.2. The number of aromatic nitrogens is 2. The molecule has 51 heavy (non-hydrogen) atoms. The molecule has 0 amide bonds. The van der Waals surface area contributed by atoms with Crippen molar-refractivity contribution in [1.82, 2.24) is 9.97 Å². The number of hydrogen-bond acceptors (Lipinski definition) is 10. The van der Waals surface area contributed by atoms with Gasteiger partial charge in [0, 0.05) is 11.1 Å². The van der Waals surface area contributed by atoms with Crippen molar-refractivity contribution >= 4 is 47.5 Å². The van der Waals surface area contributed by atoms with Crippen LogP contribution < -0.4 is 9.97 Å². The van der Waals surface area contributed by atoms with Gasteiger partial charge in [0.15, 0.2) is 0 Å². The van der Waals surface area contributed by atoms with Gasteiger partial charge < -0.3 is 28.9 Å². The molecule has 0 aromatic carbocycles. The number of allylic oxidation sites excluding steroid dienone is 2. The summed E-state index contributed by atoms with van der Waals surface area (Å²) in [5.74, 6) is -1.50. The van der Waals surface area contributed by atoms with E-state index in [1.54, 1.807) is 67.5 Å². The van der Waals surface area contributed by atoms with Crippen LogP contribution in [-0.2, 0) is 55.8 Å². The molecule has 4 heterocycles. The van der Waals surface area contributed by atoms with E-state index < -0.39 is 0 Å². The first kappa shape index (κ1) is 42.8. The molecular weight excluding hydrogens is 753 g/mol. The molecule has 2 aliphatic heterocycles. The van der Waals surface area contributed by atoms with Gasteiger partial charge in [-0.05, 0) is 80.4 Å². The van der Waals surface area contributed by atoms with Gasteiger partial charge >= 0.3 is 51.2 Å². The Morgan fingerprint density at radius 1 is 0.529 bits per heavy atom. The Morgan fingerprint density at radius 2 is 0.824 bits per heavy atom. The predicted molar refractivity (Wildman–Crippen MR) is 191 cm³/mol. The van der Waals surface area contributed by atoms with Gasteiger partial charge in [-0.25, -0.2) is 19.2 Å². The fraction of sp³-hybridized carbons (Fsp3) is 0.421. The maximum absolute atomic E-state index is 12.1. The van der Waals surface area contributed by atoms with Crippen molar-refractivity contribution in [2.75, 3.05) is 26.4 Å². The van der Waals surface area contributed by atoms with Crippen molar-refractivity contribution in [3.05, 3.63) is 78.7 Å². The van der Waals surface area contributed by atoms with Crippen LogP contribution in [0.3, 0.4) is 0 Å². The predicted octanol–water partition coefficient (Wildman–Crippen LogP) is 6.26. The Labute approximate surface area is 319 Å². The quantitative estimate of drug-likeness (QED) is 0.153. The fourth-order valence-corrected chi connectivity index (χ4v) is 5.72. The molecule has 0 fully saturated rings. The summed E-state index contributed by atoms with van der Waals surface area (Å²) in [6, 6.07) is 0. The minimum absolute atomic E-state index is 0. The number of carbonyl (C=O) groups is 4. The monoisotopic (exact) mass is 800 g/mol. The summed E-state index contributed by atoms with van der Waals surface area (Å²) in [6.45, 7) is 22.7. The first-order chi connectivity index (χ1) is 23.6. The zero-order valence-corrected chi connectivity index (χ0v) is 35.8. The average molecular weight is 799 g/mol. The second-order valence-electron chi connectivity index (χ2n) is 11.5. The molecule has 0 radical (unpaired) electrons. The Kier molecular flexibility index (Phi) is 15.8. The average Bonchev–Trinajstić information content (AvgIpc) is 3.68. The van der Waals surface area contributed by atoms with Crippen LogP contribution in [-0.4, -0.2) is 61.7 Å². The number of carbonyl (C=O) groups excluding carboxylic acids is 4. The van der Waals surface area contributed by atoms with Crippen molar-refractivity contribution in [3.63, 3.8) is 0 Å². The van der Waals surface area contributed by atoms with Gasteiger partial charge in [-0.1, -0.05) is 37.1 Å². The molecule has 12 nitrogen and oxygen atoms in total. The number of esters is 4. The van der Waals surface area contributed by atoms with Crippen molar-refractivity contribution in [2.45, 2.75) is 83.1 Å². The molecule has 0 aliphatic carbocycles. The molecule has 13 heteroatoms. The van der Waals surface area contributed by atoms with Crippen molar-refractivity contribution in [3.8, 4) is 0 Å². The summed E-state index contributed by atoms with van der Waals surface area (Å²) >= 11 is 0. The molecule has 0 unspecified atom stereocenters. The summed E-state index contributed by atoms with van der Waals surface area (Å²) in [5.41, 5.74) is 9.99. The smallest absolute Gasteiger partial charge is 0.661 e. The first-order valence-corrected chi connectivity index (χ1v) is 16.6. The maximum atomic E-state index is 12.1. The van der Waals surface area contributed by atoms with Crippen LogP contribution in [0.1, 0.15) is 110 Å². The second kappa shape index (κ2) is 18.8. The van der Waals surface area contributed by atoms with Crippen LogP contribution in [0.2, 0.25) is 0 Å². The van der Waals surface area contributed by atoms with E-state index in [1.165, 1.54) is 0 Å². The van der Waals surface area contributed by atoms with Gasteiger partial charge in [0.1, 0.15) is 0 Å². The second-order valence-corrected chi connectivity index (χ2v) is 11.5. The molecule has 0 saturated carbocycles. The fourth-order valence-electron chi connectivity index (χ4n) is 5.72. The number of aliphatic imine (C=N–C) groups is 2. The van der Waals surface area contributed by atoms with Gasteiger partial charge in [0.05, 0.1) is 60.4 Å². The molecular formula is C38H46CdN4O8. The third kappa shape index (κ3) is 9.51. The van der Waals surface area contributed by atoms with Crippen molar-refractivity contribution in [1.29, 1.82) is 0 Å². The maximum Gasteiger partial charge on any atom is 2.00 e. The summed E-state index contributed by atoms with van der Waals surface area (Å²) < 4.78 is 20.4. The van der Waals surface area contributed by atoms with Crippen LogP contribution in [0.4, 0.5) is 0 Å². The van der Waals surface area contributed by atoms with E-state index in [4.69, 9.17) is 18.9 Å². The molecule has 268 valence electrons. The molecule has 2 aliphatic rings. The van der Waals surface area contributed by atoms with E-state index in [1.807, 2.05) is 27.7 Å². The van der Waals surface area contributed by atoms with Crippen molar-refractivity contribution in [2.24, 2.45) is 9.98 Å². The molecule has 0 spiro atoms. The molecule has 2 aromatic rings. The third-order valence-electron chi connectivity index (χ3n) is 8.10.